The summed E-state index contributed by atoms with van der Waals surface area (Å²) in [4.78, 5) is 24.2. The van der Waals surface area contributed by atoms with E-state index < -0.39 is 0 Å². The molecule has 0 unspecified atom stereocenters. The number of carbonyl (C=O) groups is 2. The summed E-state index contributed by atoms with van der Waals surface area (Å²) in [5.74, 6) is 0.166. The lowest BCUT2D eigenvalue weighted by Gasteiger charge is -2.27. The van der Waals surface area contributed by atoms with Crippen molar-refractivity contribution in [2.45, 2.75) is 51.0 Å². The fourth-order valence-corrected chi connectivity index (χ4v) is 3.93. The molecule has 0 heterocycles. The molecular formula is C23H30N2O3. The number of aliphatic hydroxyl groups is 1. The van der Waals surface area contributed by atoms with Gasteiger partial charge in [-0.1, -0.05) is 43.2 Å². The van der Waals surface area contributed by atoms with Crippen molar-refractivity contribution in [3.05, 3.63) is 48.0 Å². The Balaban J connectivity index is 1.32. The Labute approximate surface area is 166 Å². The average Bonchev–Trinajstić information content (AvgIpc) is 2.72. The van der Waals surface area contributed by atoms with E-state index in [4.69, 9.17) is 0 Å². The van der Waals surface area contributed by atoms with Crippen molar-refractivity contribution >= 4 is 22.6 Å². The molecule has 150 valence electrons. The third-order valence-electron chi connectivity index (χ3n) is 5.59. The molecule has 3 N–H and O–H groups in total. The molecule has 1 aliphatic carbocycles. The first kappa shape index (κ1) is 20.3. The highest BCUT2D eigenvalue weighted by Crippen LogP contribution is 2.27. The molecule has 0 saturated heterocycles. The van der Waals surface area contributed by atoms with Crippen LogP contribution < -0.4 is 10.6 Å². The Bertz CT molecular complexity index is 805. The number of rotatable bonds is 8. The van der Waals surface area contributed by atoms with Crippen LogP contribution in [0.5, 0.6) is 0 Å². The maximum Gasteiger partial charge on any atom is 0.251 e. The minimum atomic E-state index is -0.172. The minimum Gasteiger partial charge on any atom is -0.393 e. The largest absolute Gasteiger partial charge is 0.393 e. The Morgan fingerprint density at radius 2 is 1.75 bits per heavy atom. The van der Waals surface area contributed by atoms with Gasteiger partial charge in [0.2, 0.25) is 5.91 Å². The van der Waals surface area contributed by atoms with Crippen LogP contribution in [0.4, 0.5) is 0 Å². The van der Waals surface area contributed by atoms with Crippen molar-refractivity contribution in [3.8, 4) is 0 Å². The second kappa shape index (κ2) is 10.2. The van der Waals surface area contributed by atoms with Gasteiger partial charge in [0.25, 0.3) is 5.91 Å². The third-order valence-corrected chi connectivity index (χ3v) is 5.59. The molecule has 1 aliphatic rings. The molecule has 3 rings (SSSR count). The molecular weight excluding hydrogens is 352 g/mol. The lowest BCUT2D eigenvalue weighted by Crippen LogP contribution is -2.31. The lowest BCUT2D eigenvalue weighted by atomic mass is 9.83. The monoisotopic (exact) mass is 382 g/mol. The fourth-order valence-electron chi connectivity index (χ4n) is 3.93. The summed E-state index contributed by atoms with van der Waals surface area (Å²) in [5.41, 5.74) is 0.602. The minimum absolute atomic E-state index is 0.0528. The van der Waals surface area contributed by atoms with Crippen LogP contribution in [0.1, 0.15) is 55.3 Å². The van der Waals surface area contributed by atoms with Gasteiger partial charge in [0, 0.05) is 25.1 Å². The normalized spacial score (nSPS) is 19.3. The highest BCUT2D eigenvalue weighted by Gasteiger charge is 2.22. The van der Waals surface area contributed by atoms with E-state index in [1.165, 1.54) is 6.42 Å². The van der Waals surface area contributed by atoms with Gasteiger partial charge in [-0.05, 0) is 54.5 Å². The standard InChI is InChI=1S/C23H30N2O3/c26-21-10-4-3-7-18(21)9-5-14-24-22(27)13-15-25-23(28)20-12-11-17-6-1-2-8-19(17)16-20/h1-2,6,8,11-12,16,18,21,26H,3-5,7,9-10,13-15H2,(H,24,27)(H,25,28)/t18-,21-/m0/s1. The number of nitrogens with one attached hydrogen (secondary N) is 2. The highest BCUT2D eigenvalue weighted by molar-refractivity contribution is 5.98. The topological polar surface area (TPSA) is 78.4 Å². The van der Waals surface area contributed by atoms with Gasteiger partial charge in [0.1, 0.15) is 0 Å². The van der Waals surface area contributed by atoms with Crippen molar-refractivity contribution in [1.29, 1.82) is 0 Å². The Morgan fingerprint density at radius 1 is 0.964 bits per heavy atom. The van der Waals surface area contributed by atoms with Crippen LogP contribution in [-0.4, -0.2) is 36.1 Å². The first-order valence-corrected chi connectivity index (χ1v) is 10.4. The number of fused-ring (bicyclic) bond motifs is 1. The molecule has 5 nitrogen and oxygen atoms in total. The average molecular weight is 383 g/mol. The smallest absolute Gasteiger partial charge is 0.251 e. The molecule has 1 saturated carbocycles. The lowest BCUT2D eigenvalue weighted by molar-refractivity contribution is -0.120. The SMILES string of the molecule is O=C(CCNC(=O)c1ccc2ccccc2c1)NCCC[C@@H]1CCCC[C@@H]1O. The van der Waals surface area contributed by atoms with Crippen LogP contribution in [0, 0.1) is 5.92 Å². The van der Waals surface area contributed by atoms with E-state index in [0.717, 1.165) is 42.9 Å². The van der Waals surface area contributed by atoms with E-state index in [2.05, 4.69) is 10.6 Å². The Morgan fingerprint density at radius 3 is 2.57 bits per heavy atom. The highest BCUT2D eigenvalue weighted by atomic mass is 16.3. The quantitative estimate of drug-likeness (QED) is 0.612. The summed E-state index contributed by atoms with van der Waals surface area (Å²) in [6.45, 7) is 0.944. The molecule has 0 aliphatic heterocycles. The van der Waals surface area contributed by atoms with Crippen LogP contribution in [0.15, 0.2) is 42.5 Å². The molecule has 2 atom stereocenters. The zero-order valence-corrected chi connectivity index (χ0v) is 16.3. The van der Waals surface area contributed by atoms with E-state index in [1.54, 1.807) is 6.07 Å². The molecule has 1 fully saturated rings. The van der Waals surface area contributed by atoms with Gasteiger partial charge in [-0.15, -0.1) is 0 Å². The van der Waals surface area contributed by atoms with Gasteiger partial charge < -0.3 is 15.7 Å². The first-order chi connectivity index (χ1) is 13.6. The second-order valence-corrected chi connectivity index (χ2v) is 7.67. The fraction of sp³-hybridized carbons (Fsp3) is 0.478. The van der Waals surface area contributed by atoms with Gasteiger partial charge >= 0.3 is 0 Å². The van der Waals surface area contributed by atoms with Crippen molar-refractivity contribution in [2.24, 2.45) is 5.92 Å². The van der Waals surface area contributed by atoms with E-state index in [-0.39, 0.29) is 24.3 Å². The molecule has 0 radical (unpaired) electrons. The van der Waals surface area contributed by atoms with Crippen molar-refractivity contribution < 1.29 is 14.7 Å². The zero-order chi connectivity index (χ0) is 19.8. The van der Waals surface area contributed by atoms with Gasteiger partial charge in [-0.3, -0.25) is 9.59 Å². The van der Waals surface area contributed by atoms with Gasteiger partial charge in [0.05, 0.1) is 6.10 Å². The van der Waals surface area contributed by atoms with Crippen molar-refractivity contribution in [1.82, 2.24) is 10.6 Å². The van der Waals surface area contributed by atoms with Gasteiger partial charge in [-0.2, -0.15) is 0 Å². The number of hydrogen-bond acceptors (Lipinski definition) is 3. The van der Waals surface area contributed by atoms with E-state index in [1.807, 2.05) is 36.4 Å². The predicted molar refractivity (Wildman–Crippen MR) is 111 cm³/mol. The third kappa shape index (κ3) is 5.80. The molecule has 5 heteroatoms. The molecule has 0 spiro atoms. The van der Waals surface area contributed by atoms with Gasteiger partial charge in [0.15, 0.2) is 0 Å². The summed E-state index contributed by atoms with van der Waals surface area (Å²) < 4.78 is 0. The first-order valence-electron chi connectivity index (χ1n) is 10.4. The number of amides is 2. The van der Waals surface area contributed by atoms with Crippen LogP contribution in [0.3, 0.4) is 0 Å². The predicted octanol–water partition coefficient (Wildman–Crippen LogP) is 3.41. The van der Waals surface area contributed by atoms with E-state index in [0.29, 0.717) is 24.6 Å². The van der Waals surface area contributed by atoms with Gasteiger partial charge in [-0.25, -0.2) is 0 Å². The molecule has 0 bridgehead atoms. The van der Waals surface area contributed by atoms with Crippen LogP contribution in [0.2, 0.25) is 0 Å². The summed E-state index contributed by atoms with van der Waals surface area (Å²) >= 11 is 0. The summed E-state index contributed by atoms with van der Waals surface area (Å²) in [6.07, 6.45) is 6.27. The number of aliphatic hydroxyl groups excluding tert-OH is 1. The molecule has 0 aromatic heterocycles. The maximum atomic E-state index is 12.3. The number of carbonyl (C=O) groups excluding carboxylic acids is 2. The van der Waals surface area contributed by atoms with Crippen LogP contribution in [-0.2, 0) is 4.79 Å². The summed E-state index contributed by atoms with van der Waals surface area (Å²) in [7, 11) is 0. The Kier molecular flexibility index (Phi) is 7.43. The molecule has 28 heavy (non-hydrogen) atoms. The van der Waals surface area contributed by atoms with E-state index in [9.17, 15) is 14.7 Å². The molecule has 2 aromatic carbocycles. The second-order valence-electron chi connectivity index (χ2n) is 7.67. The number of hydrogen-bond donors (Lipinski definition) is 3. The number of benzene rings is 2. The van der Waals surface area contributed by atoms with Crippen LogP contribution in [0.25, 0.3) is 10.8 Å². The summed E-state index contributed by atoms with van der Waals surface area (Å²) in [6, 6.07) is 13.5. The maximum absolute atomic E-state index is 12.3. The summed E-state index contributed by atoms with van der Waals surface area (Å²) in [5, 5.41) is 17.8. The molecule has 2 aromatic rings. The van der Waals surface area contributed by atoms with Crippen LogP contribution >= 0.6 is 0 Å². The van der Waals surface area contributed by atoms with Crippen molar-refractivity contribution in [2.75, 3.05) is 13.1 Å². The van der Waals surface area contributed by atoms with E-state index >= 15 is 0 Å². The molecule has 2 amide bonds. The zero-order valence-electron chi connectivity index (χ0n) is 16.3. The Hall–Kier alpha value is -2.40. The van der Waals surface area contributed by atoms with Crippen molar-refractivity contribution in [3.63, 3.8) is 0 Å².